The second kappa shape index (κ2) is 7.00. The van der Waals surface area contributed by atoms with E-state index in [1.54, 1.807) is 0 Å². The van der Waals surface area contributed by atoms with Crippen LogP contribution < -0.4 is 5.32 Å². The van der Waals surface area contributed by atoms with E-state index in [9.17, 15) is 18.0 Å². The van der Waals surface area contributed by atoms with Gasteiger partial charge in [-0.25, -0.2) is 18.1 Å². The molecule has 1 N–H and O–H groups in total. The molecule has 0 aromatic carbocycles. The molecule has 1 spiro atoms. The van der Waals surface area contributed by atoms with Crippen LogP contribution in [0.15, 0.2) is 0 Å². The Kier molecular flexibility index (Phi) is 4.97. The second-order valence-electron chi connectivity index (χ2n) is 8.63. The zero-order chi connectivity index (χ0) is 19.2. The van der Waals surface area contributed by atoms with Crippen LogP contribution >= 0.6 is 0 Å². The Hall–Kier alpha value is -1.19. The van der Waals surface area contributed by atoms with Gasteiger partial charge in [0.15, 0.2) is 9.84 Å². The van der Waals surface area contributed by atoms with Gasteiger partial charge in [-0.1, -0.05) is 19.8 Å². The lowest BCUT2D eigenvalue weighted by Crippen LogP contribution is -2.55. The Morgan fingerprint density at radius 3 is 2.48 bits per heavy atom. The molecule has 1 aliphatic carbocycles. The standard InChI is InChI=1S/C18H30N4O4S/c1-14-4-2-3-6-18(14)16(23)22(17(24)19-18)13-20-7-9-21(10-8-20)15-5-11-27(25,26)12-15/h14-15H,2-13H2,1H3,(H,19,24)/t14-,15-,18-/m1/s1. The van der Waals surface area contributed by atoms with Crippen molar-refractivity contribution in [2.24, 2.45) is 5.92 Å². The Morgan fingerprint density at radius 2 is 1.85 bits per heavy atom. The monoisotopic (exact) mass is 398 g/mol. The molecule has 0 aromatic rings. The average molecular weight is 399 g/mol. The van der Waals surface area contributed by atoms with Gasteiger partial charge < -0.3 is 5.32 Å². The second-order valence-corrected chi connectivity index (χ2v) is 10.9. The first kappa shape index (κ1) is 19.1. The molecule has 0 bridgehead atoms. The van der Waals surface area contributed by atoms with Crippen LogP contribution in [0, 0.1) is 5.92 Å². The summed E-state index contributed by atoms with van der Waals surface area (Å²) in [6, 6.07) is -0.140. The fourth-order valence-electron chi connectivity index (χ4n) is 5.16. The van der Waals surface area contributed by atoms with Gasteiger partial charge in [-0.05, 0) is 25.2 Å². The van der Waals surface area contributed by atoms with Gasteiger partial charge in [-0.3, -0.25) is 14.6 Å². The first-order valence-electron chi connectivity index (χ1n) is 10.1. The van der Waals surface area contributed by atoms with Gasteiger partial charge in [0, 0.05) is 32.2 Å². The van der Waals surface area contributed by atoms with E-state index < -0.39 is 15.4 Å². The van der Waals surface area contributed by atoms with E-state index in [2.05, 4.69) is 22.0 Å². The zero-order valence-electron chi connectivity index (χ0n) is 16.0. The number of hydrogen-bond donors (Lipinski definition) is 1. The van der Waals surface area contributed by atoms with Gasteiger partial charge in [0.25, 0.3) is 5.91 Å². The number of sulfone groups is 1. The highest BCUT2D eigenvalue weighted by atomic mass is 32.2. The molecular weight excluding hydrogens is 368 g/mol. The average Bonchev–Trinajstić information content (AvgIpc) is 3.11. The lowest BCUT2D eigenvalue weighted by Gasteiger charge is -2.39. The molecule has 27 heavy (non-hydrogen) atoms. The van der Waals surface area contributed by atoms with E-state index in [0.29, 0.717) is 12.4 Å². The molecule has 4 fully saturated rings. The third-order valence-electron chi connectivity index (χ3n) is 6.97. The molecular formula is C18H30N4O4S. The number of nitrogens with one attached hydrogen (secondary N) is 1. The molecule has 3 atom stereocenters. The van der Waals surface area contributed by atoms with Crippen LogP contribution in [0.3, 0.4) is 0 Å². The zero-order valence-corrected chi connectivity index (χ0v) is 16.8. The van der Waals surface area contributed by atoms with E-state index in [-0.39, 0.29) is 29.7 Å². The molecule has 3 aliphatic heterocycles. The Morgan fingerprint density at radius 1 is 1.11 bits per heavy atom. The minimum atomic E-state index is -2.87. The number of piperazine rings is 1. The van der Waals surface area contributed by atoms with E-state index in [0.717, 1.165) is 58.3 Å². The molecule has 1 saturated carbocycles. The van der Waals surface area contributed by atoms with Gasteiger partial charge in [0.1, 0.15) is 5.54 Å². The van der Waals surface area contributed by atoms with E-state index in [1.165, 1.54) is 4.90 Å². The number of imide groups is 1. The van der Waals surface area contributed by atoms with Gasteiger partial charge >= 0.3 is 6.03 Å². The summed E-state index contributed by atoms with van der Waals surface area (Å²) in [4.78, 5) is 31.3. The fraction of sp³-hybridized carbons (Fsp3) is 0.889. The number of carbonyl (C=O) groups excluding carboxylic acids is 2. The van der Waals surface area contributed by atoms with Crippen molar-refractivity contribution in [1.82, 2.24) is 20.0 Å². The summed E-state index contributed by atoms with van der Waals surface area (Å²) in [6.07, 6.45) is 4.52. The maximum absolute atomic E-state index is 13.1. The smallest absolute Gasteiger partial charge is 0.323 e. The predicted molar refractivity (Wildman–Crippen MR) is 101 cm³/mol. The largest absolute Gasteiger partial charge is 0.326 e. The van der Waals surface area contributed by atoms with Crippen LogP contribution in [-0.4, -0.2) is 91.0 Å². The Labute approximate surface area is 161 Å². The van der Waals surface area contributed by atoms with Crippen LogP contribution in [0.5, 0.6) is 0 Å². The summed E-state index contributed by atoms with van der Waals surface area (Å²) < 4.78 is 23.4. The van der Waals surface area contributed by atoms with E-state index in [1.807, 2.05) is 0 Å². The summed E-state index contributed by atoms with van der Waals surface area (Å²) in [7, 11) is -2.87. The highest BCUT2D eigenvalue weighted by Gasteiger charge is 2.55. The molecule has 0 radical (unpaired) electrons. The summed E-state index contributed by atoms with van der Waals surface area (Å²) >= 11 is 0. The van der Waals surface area contributed by atoms with Crippen molar-refractivity contribution < 1.29 is 18.0 Å². The summed E-state index contributed by atoms with van der Waals surface area (Å²) in [6.45, 7) is 5.45. The van der Waals surface area contributed by atoms with Crippen molar-refractivity contribution in [3.05, 3.63) is 0 Å². The highest BCUT2D eigenvalue weighted by Crippen LogP contribution is 2.38. The number of hydrogen-bond acceptors (Lipinski definition) is 6. The van der Waals surface area contributed by atoms with Gasteiger partial charge in [0.05, 0.1) is 18.2 Å². The van der Waals surface area contributed by atoms with Crippen LogP contribution in [0.2, 0.25) is 0 Å². The van der Waals surface area contributed by atoms with E-state index >= 15 is 0 Å². The first-order chi connectivity index (χ1) is 12.8. The van der Waals surface area contributed by atoms with Crippen LogP contribution in [-0.2, 0) is 14.6 Å². The fourth-order valence-corrected chi connectivity index (χ4v) is 6.92. The molecule has 3 heterocycles. The maximum atomic E-state index is 13.1. The van der Waals surface area contributed by atoms with Crippen molar-refractivity contribution in [3.63, 3.8) is 0 Å². The normalized spacial score (nSPS) is 37.9. The lowest BCUT2D eigenvalue weighted by molar-refractivity contribution is -0.136. The maximum Gasteiger partial charge on any atom is 0.326 e. The number of amides is 3. The molecule has 152 valence electrons. The summed E-state index contributed by atoms with van der Waals surface area (Å²) in [5, 5.41) is 3.00. The predicted octanol–water partition coefficient (Wildman–Crippen LogP) is 0.249. The van der Waals surface area contributed by atoms with Gasteiger partial charge in [-0.15, -0.1) is 0 Å². The molecule has 3 amide bonds. The Bertz CT molecular complexity index is 719. The summed E-state index contributed by atoms with van der Waals surface area (Å²) in [5.41, 5.74) is -0.699. The SMILES string of the molecule is C[C@@H]1CCCC[C@@]12NC(=O)N(CN1CCN([C@@H]3CCS(=O)(=O)C3)CC1)C2=O. The van der Waals surface area contributed by atoms with Crippen molar-refractivity contribution in [1.29, 1.82) is 0 Å². The Balaban J connectivity index is 1.34. The third-order valence-corrected chi connectivity index (χ3v) is 8.72. The molecule has 4 rings (SSSR count). The molecule has 3 saturated heterocycles. The quantitative estimate of drug-likeness (QED) is 0.686. The van der Waals surface area contributed by atoms with Crippen molar-refractivity contribution in [2.45, 2.75) is 50.6 Å². The molecule has 8 nitrogen and oxygen atoms in total. The van der Waals surface area contributed by atoms with Crippen LogP contribution in [0.4, 0.5) is 4.79 Å². The molecule has 0 aromatic heterocycles. The first-order valence-corrected chi connectivity index (χ1v) is 11.9. The number of nitrogens with zero attached hydrogens (tertiary/aromatic N) is 3. The summed E-state index contributed by atoms with van der Waals surface area (Å²) in [5.74, 6) is 0.666. The number of rotatable bonds is 3. The van der Waals surface area contributed by atoms with Gasteiger partial charge in [-0.2, -0.15) is 0 Å². The van der Waals surface area contributed by atoms with Crippen LogP contribution in [0.25, 0.3) is 0 Å². The van der Waals surface area contributed by atoms with Crippen molar-refractivity contribution in [3.8, 4) is 0 Å². The third kappa shape index (κ3) is 3.49. The number of carbonyl (C=O) groups is 2. The highest BCUT2D eigenvalue weighted by molar-refractivity contribution is 7.91. The van der Waals surface area contributed by atoms with Gasteiger partial charge in [0.2, 0.25) is 0 Å². The number of urea groups is 1. The molecule has 4 aliphatic rings. The minimum absolute atomic E-state index is 0.0657. The lowest BCUT2D eigenvalue weighted by atomic mass is 9.73. The molecule has 0 unspecified atom stereocenters. The minimum Gasteiger partial charge on any atom is -0.323 e. The van der Waals surface area contributed by atoms with Crippen molar-refractivity contribution in [2.75, 3.05) is 44.4 Å². The topological polar surface area (TPSA) is 90.0 Å². The molecule has 9 heteroatoms. The van der Waals surface area contributed by atoms with Crippen LogP contribution in [0.1, 0.15) is 39.0 Å². The van der Waals surface area contributed by atoms with Crippen molar-refractivity contribution >= 4 is 21.8 Å². The van der Waals surface area contributed by atoms with E-state index in [4.69, 9.17) is 0 Å².